The van der Waals surface area contributed by atoms with E-state index in [1.54, 1.807) is 33.8 Å². The van der Waals surface area contributed by atoms with Crippen molar-refractivity contribution >= 4 is 28.9 Å². The summed E-state index contributed by atoms with van der Waals surface area (Å²) in [5, 5.41) is 35.3. The molecular formula is C34H34O8. The fourth-order valence-corrected chi connectivity index (χ4v) is 8.19. The van der Waals surface area contributed by atoms with E-state index >= 15 is 0 Å². The molecule has 0 heterocycles. The molecule has 0 saturated heterocycles. The van der Waals surface area contributed by atoms with Crippen molar-refractivity contribution in [3.8, 4) is 17.6 Å². The summed E-state index contributed by atoms with van der Waals surface area (Å²) < 4.78 is 0. The molecule has 0 bridgehead atoms. The summed E-state index contributed by atoms with van der Waals surface area (Å²) in [6.45, 7) is 8.93. The van der Waals surface area contributed by atoms with E-state index < -0.39 is 86.8 Å². The molecule has 8 heteroatoms. The molecule has 3 N–H and O–H groups in total. The number of Topliss-reactive ketones (excluding diaryl/α,β-unsaturated/α-hetero) is 5. The number of phenols is 1. The lowest BCUT2D eigenvalue weighted by Crippen LogP contribution is -2.82. The Bertz CT molecular complexity index is 1630. The molecule has 0 radical (unpaired) electrons. The third-order valence-electron chi connectivity index (χ3n) is 10.3. The molecule has 8 nitrogen and oxygen atoms in total. The first-order valence-corrected chi connectivity index (χ1v) is 14.1. The van der Waals surface area contributed by atoms with Crippen LogP contribution < -0.4 is 0 Å². The highest BCUT2D eigenvalue weighted by Gasteiger charge is 2.80. The summed E-state index contributed by atoms with van der Waals surface area (Å²) in [6, 6.07) is 12.0. The topological polar surface area (TPSA) is 146 Å². The van der Waals surface area contributed by atoms with Crippen molar-refractivity contribution in [3.05, 3.63) is 64.7 Å². The maximum absolute atomic E-state index is 14.5. The summed E-state index contributed by atoms with van der Waals surface area (Å²) in [7, 11) is 0. The standard InChI is InChI=1S/C34H34O8/c1-16(2)25-27(37)23(18(4)35)29(39)34(42)30(40)26-28(38)24-21(36)15-14-20(13-12-19-10-8-7-9-11-19)22(24)17(3)32(26,5)31(41)33(25,34)6/h7-11,14-17,23,25-26,31,36,41-42H,1-6H3/t17-,23?,25?,26?,31-,32+,33+,34+/m1/s1. The first kappa shape index (κ1) is 29.6. The number of ketones is 5. The second kappa shape index (κ2) is 9.55. The molecule has 2 saturated carbocycles. The highest BCUT2D eigenvalue weighted by atomic mass is 16.3. The molecule has 0 aromatic heterocycles. The number of phenolic OH excluding ortho intramolecular Hbond substituents is 1. The van der Waals surface area contributed by atoms with Crippen molar-refractivity contribution in [2.45, 2.75) is 59.2 Å². The van der Waals surface area contributed by atoms with Gasteiger partial charge in [-0.2, -0.15) is 0 Å². The number of aliphatic hydroxyl groups excluding tert-OH is 1. The van der Waals surface area contributed by atoms with E-state index in [0.29, 0.717) is 16.7 Å². The lowest BCUT2D eigenvalue weighted by molar-refractivity contribution is -0.240. The molecule has 2 aromatic rings. The van der Waals surface area contributed by atoms with Crippen LogP contribution in [-0.2, 0) is 19.2 Å². The Labute approximate surface area is 244 Å². The third-order valence-corrected chi connectivity index (χ3v) is 10.3. The van der Waals surface area contributed by atoms with Crippen LogP contribution in [0.3, 0.4) is 0 Å². The van der Waals surface area contributed by atoms with Crippen molar-refractivity contribution in [2.24, 2.45) is 34.5 Å². The Balaban J connectivity index is 1.79. The van der Waals surface area contributed by atoms with Gasteiger partial charge in [0.2, 0.25) is 0 Å². The zero-order chi connectivity index (χ0) is 31.1. The smallest absolute Gasteiger partial charge is 0.191 e. The maximum Gasteiger partial charge on any atom is 0.191 e. The van der Waals surface area contributed by atoms with Crippen molar-refractivity contribution < 1.29 is 39.3 Å². The van der Waals surface area contributed by atoms with Crippen molar-refractivity contribution in [3.63, 3.8) is 0 Å². The van der Waals surface area contributed by atoms with Gasteiger partial charge in [0.05, 0.1) is 17.6 Å². The number of carbonyl (C=O) groups excluding carboxylic acids is 5. The highest BCUT2D eigenvalue weighted by molar-refractivity contribution is 6.33. The SMILES string of the molecule is CC(=O)C1C(=O)C(C(C)C)[C@@]2(C)[C@H](O)[C@]3(C)C(C(=O)c4c(O)ccc(C#Cc5ccccc5)c4[C@H]3C)C(=O)[C@@]2(O)C1=O. The Hall–Kier alpha value is -3.93. The van der Waals surface area contributed by atoms with Gasteiger partial charge < -0.3 is 15.3 Å². The first-order valence-electron chi connectivity index (χ1n) is 14.1. The lowest BCUT2D eigenvalue weighted by atomic mass is 9.37. The number of benzene rings is 2. The van der Waals surface area contributed by atoms with Gasteiger partial charge in [-0.1, -0.05) is 64.7 Å². The van der Waals surface area contributed by atoms with Crippen LogP contribution >= 0.6 is 0 Å². The number of aromatic hydroxyl groups is 1. The van der Waals surface area contributed by atoms with E-state index in [-0.39, 0.29) is 5.56 Å². The molecule has 2 aromatic carbocycles. The van der Waals surface area contributed by atoms with E-state index in [9.17, 15) is 39.3 Å². The van der Waals surface area contributed by atoms with E-state index in [2.05, 4.69) is 11.8 Å². The average Bonchev–Trinajstić information content (AvgIpc) is 2.93. The van der Waals surface area contributed by atoms with Crippen LogP contribution in [0.15, 0.2) is 42.5 Å². The quantitative estimate of drug-likeness (QED) is 0.369. The molecule has 5 rings (SSSR count). The molecule has 0 spiro atoms. The van der Waals surface area contributed by atoms with Crippen molar-refractivity contribution in [2.75, 3.05) is 0 Å². The van der Waals surface area contributed by atoms with E-state index in [1.165, 1.54) is 13.0 Å². The summed E-state index contributed by atoms with van der Waals surface area (Å²) in [6.07, 6.45) is -1.73. The van der Waals surface area contributed by atoms with Gasteiger partial charge in [-0.15, -0.1) is 0 Å². The van der Waals surface area contributed by atoms with Crippen LogP contribution in [0.4, 0.5) is 0 Å². The minimum absolute atomic E-state index is 0.166. The van der Waals surface area contributed by atoms with Gasteiger partial charge in [0.25, 0.3) is 0 Å². The highest BCUT2D eigenvalue weighted by Crippen LogP contribution is 2.66. The number of fused-ring (bicyclic) bond motifs is 3. The molecule has 3 unspecified atom stereocenters. The van der Waals surface area contributed by atoms with Crippen LogP contribution in [0.1, 0.15) is 74.5 Å². The third kappa shape index (κ3) is 3.47. The van der Waals surface area contributed by atoms with E-state index in [1.807, 2.05) is 30.3 Å². The zero-order valence-electron chi connectivity index (χ0n) is 24.4. The van der Waals surface area contributed by atoms with Crippen LogP contribution in [0, 0.1) is 46.3 Å². The number of carbonyl (C=O) groups is 5. The minimum atomic E-state index is -3.00. The van der Waals surface area contributed by atoms with Crippen LogP contribution in [-0.4, -0.2) is 55.9 Å². The second-order valence-electron chi connectivity index (χ2n) is 12.7. The molecule has 2 fully saturated rings. The van der Waals surface area contributed by atoms with Gasteiger partial charge in [-0.25, -0.2) is 0 Å². The second-order valence-corrected chi connectivity index (χ2v) is 12.7. The number of hydrogen-bond donors (Lipinski definition) is 3. The largest absolute Gasteiger partial charge is 0.507 e. The molecule has 3 aliphatic carbocycles. The monoisotopic (exact) mass is 570 g/mol. The van der Waals surface area contributed by atoms with Gasteiger partial charge in [0.15, 0.2) is 28.7 Å². The predicted molar refractivity (Wildman–Crippen MR) is 151 cm³/mol. The molecule has 42 heavy (non-hydrogen) atoms. The molecule has 3 aliphatic rings. The molecular weight excluding hydrogens is 536 g/mol. The Morgan fingerprint density at radius 3 is 2.14 bits per heavy atom. The first-order chi connectivity index (χ1) is 19.6. The van der Waals surface area contributed by atoms with Gasteiger partial charge >= 0.3 is 0 Å². The Kier molecular flexibility index (Phi) is 6.72. The predicted octanol–water partition coefficient (Wildman–Crippen LogP) is 3.02. The van der Waals surface area contributed by atoms with Crippen LogP contribution in [0.25, 0.3) is 0 Å². The summed E-state index contributed by atoms with van der Waals surface area (Å²) in [5.74, 6) is -5.50. The Morgan fingerprint density at radius 2 is 1.57 bits per heavy atom. The molecule has 218 valence electrons. The Morgan fingerprint density at radius 1 is 0.952 bits per heavy atom. The maximum atomic E-state index is 14.5. The van der Waals surface area contributed by atoms with Crippen LogP contribution in [0.5, 0.6) is 5.75 Å². The number of hydrogen-bond acceptors (Lipinski definition) is 8. The van der Waals surface area contributed by atoms with E-state index in [4.69, 9.17) is 0 Å². The normalized spacial score (nSPS) is 35.6. The average molecular weight is 571 g/mol. The van der Waals surface area contributed by atoms with Gasteiger partial charge in [0, 0.05) is 27.9 Å². The number of aliphatic hydroxyl groups is 2. The minimum Gasteiger partial charge on any atom is -0.507 e. The fourth-order valence-electron chi connectivity index (χ4n) is 8.19. The molecule has 0 aliphatic heterocycles. The van der Waals surface area contributed by atoms with Gasteiger partial charge in [-0.3, -0.25) is 24.0 Å². The van der Waals surface area contributed by atoms with Crippen molar-refractivity contribution in [1.82, 2.24) is 0 Å². The van der Waals surface area contributed by atoms with E-state index in [0.717, 1.165) is 6.92 Å². The van der Waals surface area contributed by atoms with Crippen LogP contribution in [0.2, 0.25) is 0 Å². The summed E-state index contributed by atoms with van der Waals surface area (Å²) in [4.78, 5) is 68.7. The van der Waals surface area contributed by atoms with Crippen molar-refractivity contribution in [1.29, 1.82) is 0 Å². The molecule has 0 amide bonds. The van der Waals surface area contributed by atoms with Gasteiger partial charge in [0.1, 0.15) is 17.5 Å². The molecule has 8 atom stereocenters. The summed E-state index contributed by atoms with van der Waals surface area (Å²) in [5.41, 5.74) is -5.38. The zero-order valence-corrected chi connectivity index (χ0v) is 24.4. The number of rotatable bonds is 2. The lowest BCUT2D eigenvalue weighted by Gasteiger charge is -2.65. The van der Waals surface area contributed by atoms with Gasteiger partial charge in [-0.05, 0) is 48.6 Å². The summed E-state index contributed by atoms with van der Waals surface area (Å²) >= 11 is 0. The fraction of sp³-hybridized carbons (Fsp3) is 0.441.